The summed E-state index contributed by atoms with van der Waals surface area (Å²) in [4.78, 5) is 0. The van der Waals surface area contributed by atoms with Crippen LogP contribution in [0.2, 0.25) is 0 Å². The molecule has 204 valence electrons. The summed E-state index contributed by atoms with van der Waals surface area (Å²) < 4.78 is 0. The van der Waals surface area contributed by atoms with Crippen LogP contribution in [0.15, 0.2) is 144 Å². The lowest BCUT2D eigenvalue weighted by Gasteiger charge is -2.29. The van der Waals surface area contributed by atoms with Crippen molar-refractivity contribution in [2.75, 3.05) is 0 Å². The highest BCUT2D eigenvalue weighted by molar-refractivity contribution is 5.80. The molecule has 0 saturated carbocycles. The lowest BCUT2D eigenvalue weighted by atomic mass is 9.74. The topological polar surface area (TPSA) is 12.0 Å². The van der Waals surface area contributed by atoms with Gasteiger partial charge in [-0.2, -0.15) is 0 Å². The Balaban J connectivity index is 1.21. The highest BCUT2D eigenvalue weighted by Gasteiger charge is 2.44. The second-order valence-electron chi connectivity index (χ2n) is 12.5. The number of fused-ring (bicyclic) bond motifs is 3. The normalized spacial score (nSPS) is 25.7. The van der Waals surface area contributed by atoms with Gasteiger partial charge in [-0.05, 0) is 87.6 Å². The molecule has 41 heavy (non-hydrogen) atoms. The van der Waals surface area contributed by atoms with E-state index >= 15 is 0 Å². The van der Waals surface area contributed by atoms with Crippen molar-refractivity contribution in [2.24, 2.45) is 5.92 Å². The maximum Gasteiger partial charge on any atom is 0.0670 e. The van der Waals surface area contributed by atoms with Crippen LogP contribution >= 0.6 is 0 Å². The fraction of sp³-hybridized carbons (Fsp3) is 0.250. The molecule has 3 atom stereocenters. The van der Waals surface area contributed by atoms with Crippen LogP contribution < -0.4 is 5.32 Å². The zero-order valence-electron chi connectivity index (χ0n) is 24.2. The summed E-state index contributed by atoms with van der Waals surface area (Å²) in [6.07, 6.45) is 36.3. The Labute approximate surface area is 245 Å². The Morgan fingerprint density at radius 3 is 2.54 bits per heavy atom. The first-order chi connectivity index (χ1) is 20.1. The molecule has 0 bridgehead atoms. The molecule has 1 heterocycles. The maximum atomic E-state index is 3.86. The van der Waals surface area contributed by atoms with Crippen molar-refractivity contribution in [1.29, 1.82) is 0 Å². The molecule has 1 heteroatoms. The SMILES string of the molecule is CC1(C)c2cc(-c3ccc(C4=CC(C5=CC=CCCC5)NC(C5=CCC=CC=C5)=C4)cc3)ccc2C2C=CC=CC21. The summed E-state index contributed by atoms with van der Waals surface area (Å²) in [6.45, 7) is 4.82. The minimum absolute atomic E-state index is 0.131. The van der Waals surface area contributed by atoms with E-state index in [9.17, 15) is 0 Å². The Bertz CT molecular complexity index is 1620. The Kier molecular flexibility index (Phi) is 6.75. The number of allylic oxidation sites excluding steroid dienone is 14. The lowest BCUT2D eigenvalue weighted by Crippen LogP contribution is -2.32. The highest BCUT2D eigenvalue weighted by Crippen LogP contribution is 2.53. The molecule has 0 radical (unpaired) electrons. The zero-order chi connectivity index (χ0) is 27.8. The molecular formula is C40H39N. The first-order valence-corrected chi connectivity index (χ1v) is 15.3. The van der Waals surface area contributed by atoms with Crippen LogP contribution in [0.4, 0.5) is 0 Å². The van der Waals surface area contributed by atoms with Crippen LogP contribution in [0.1, 0.15) is 62.1 Å². The molecule has 0 amide bonds. The van der Waals surface area contributed by atoms with Crippen molar-refractivity contribution < 1.29 is 0 Å². The molecule has 7 rings (SSSR count). The van der Waals surface area contributed by atoms with Gasteiger partial charge in [0, 0.05) is 11.6 Å². The van der Waals surface area contributed by atoms with E-state index in [1.165, 1.54) is 56.7 Å². The number of nitrogens with one attached hydrogen (secondary N) is 1. The van der Waals surface area contributed by atoms with Gasteiger partial charge in [0.15, 0.2) is 0 Å². The van der Waals surface area contributed by atoms with Gasteiger partial charge in [0.1, 0.15) is 0 Å². The van der Waals surface area contributed by atoms with Crippen LogP contribution in [-0.2, 0) is 5.41 Å². The molecule has 0 spiro atoms. The Hall–Kier alpha value is -4.10. The average Bonchev–Trinajstić information content (AvgIpc) is 3.36. The molecule has 1 nitrogen and oxygen atoms in total. The number of rotatable bonds is 4. The third-order valence-electron chi connectivity index (χ3n) is 9.57. The third-order valence-corrected chi connectivity index (χ3v) is 9.57. The van der Waals surface area contributed by atoms with Gasteiger partial charge in [0.25, 0.3) is 0 Å². The van der Waals surface area contributed by atoms with E-state index in [4.69, 9.17) is 0 Å². The molecular weight excluding hydrogens is 494 g/mol. The molecule has 2 aromatic carbocycles. The summed E-state index contributed by atoms with van der Waals surface area (Å²) in [5.74, 6) is 1.03. The molecule has 4 aliphatic carbocycles. The van der Waals surface area contributed by atoms with E-state index in [0.717, 1.165) is 19.3 Å². The van der Waals surface area contributed by atoms with Crippen molar-refractivity contribution in [3.63, 3.8) is 0 Å². The van der Waals surface area contributed by atoms with Crippen molar-refractivity contribution in [3.8, 4) is 11.1 Å². The fourth-order valence-electron chi connectivity index (χ4n) is 7.23. The largest absolute Gasteiger partial charge is 0.375 e. The Morgan fingerprint density at radius 1 is 0.805 bits per heavy atom. The summed E-state index contributed by atoms with van der Waals surface area (Å²) >= 11 is 0. The van der Waals surface area contributed by atoms with Crippen LogP contribution in [0.5, 0.6) is 0 Å². The summed E-state index contributed by atoms with van der Waals surface area (Å²) in [7, 11) is 0. The van der Waals surface area contributed by atoms with Gasteiger partial charge < -0.3 is 5.32 Å². The first kappa shape index (κ1) is 25.8. The molecule has 5 aliphatic rings. The van der Waals surface area contributed by atoms with Crippen LogP contribution in [0.3, 0.4) is 0 Å². The van der Waals surface area contributed by atoms with Gasteiger partial charge >= 0.3 is 0 Å². The number of hydrogen-bond acceptors (Lipinski definition) is 1. The highest BCUT2D eigenvalue weighted by atomic mass is 14.9. The van der Waals surface area contributed by atoms with Crippen LogP contribution in [0.25, 0.3) is 16.7 Å². The summed E-state index contributed by atoms with van der Waals surface area (Å²) in [6, 6.07) is 16.6. The second-order valence-corrected chi connectivity index (χ2v) is 12.5. The van der Waals surface area contributed by atoms with Crippen LogP contribution in [0, 0.1) is 5.92 Å². The van der Waals surface area contributed by atoms with Crippen molar-refractivity contribution in [1.82, 2.24) is 5.32 Å². The van der Waals surface area contributed by atoms with Gasteiger partial charge in [0.05, 0.1) is 6.04 Å². The Morgan fingerprint density at radius 2 is 1.63 bits per heavy atom. The van der Waals surface area contributed by atoms with E-state index in [2.05, 4.69) is 147 Å². The molecule has 1 N–H and O–H groups in total. The quantitative estimate of drug-likeness (QED) is 0.412. The minimum Gasteiger partial charge on any atom is -0.375 e. The molecule has 0 fully saturated rings. The second kappa shape index (κ2) is 10.7. The van der Waals surface area contributed by atoms with E-state index < -0.39 is 0 Å². The average molecular weight is 534 g/mol. The van der Waals surface area contributed by atoms with Gasteiger partial charge in [-0.25, -0.2) is 0 Å². The molecule has 0 saturated heterocycles. The predicted octanol–water partition coefficient (Wildman–Crippen LogP) is 9.82. The van der Waals surface area contributed by atoms with Gasteiger partial charge in [-0.3, -0.25) is 0 Å². The zero-order valence-corrected chi connectivity index (χ0v) is 24.2. The van der Waals surface area contributed by atoms with Gasteiger partial charge in [-0.15, -0.1) is 0 Å². The van der Waals surface area contributed by atoms with Crippen LogP contribution in [-0.4, -0.2) is 6.04 Å². The van der Waals surface area contributed by atoms with E-state index in [0.29, 0.717) is 11.8 Å². The molecule has 2 aromatic rings. The van der Waals surface area contributed by atoms with Gasteiger partial charge in [0.2, 0.25) is 0 Å². The monoisotopic (exact) mass is 533 g/mol. The van der Waals surface area contributed by atoms with E-state index in [-0.39, 0.29) is 11.5 Å². The first-order valence-electron chi connectivity index (χ1n) is 15.3. The number of hydrogen-bond donors (Lipinski definition) is 1. The lowest BCUT2D eigenvalue weighted by molar-refractivity contribution is 0.394. The molecule has 3 unspecified atom stereocenters. The van der Waals surface area contributed by atoms with Crippen molar-refractivity contribution >= 4 is 5.57 Å². The van der Waals surface area contributed by atoms with Crippen molar-refractivity contribution in [3.05, 3.63) is 161 Å². The fourth-order valence-corrected chi connectivity index (χ4v) is 7.23. The summed E-state index contributed by atoms with van der Waals surface area (Å²) in [5.41, 5.74) is 12.2. The maximum absolute atomic E-state index is 3.86. The minimum atomic E-state index is 0.131. The van der Waals surface area contributed by atoms with E-state index in [1.54, 1.807) is 0 Å². The molecule has 0 aromatic heterocycles. The van der Waals surface area contributed by atoms with Gasteiger partial charge in [-0.1, -0.05) is 135 Å². The number of dihydropyridines is 1. The standard InChI is InChI=1S/C40H39N/c1-40(2)36-18-12-11-17-34(36)35-24-23-32(25-37(35)40)28-19-21-29(22-20-28)33-26-38(30-13-7-3-4-8-14-30)41-39(27-33)31-15-9-5-6-10-16-31/h3-5,7,9,11-15,17-27,34,36,39,41H,6,8,10,16H2,1-2H3. The van der Waals surface area contributed by atoms with E-state index in [1.807, 2.05) is 0 Å². The molecule has 1 aliphatic heterocycles. The van der Waals surface area contributed by atoms with Crippen molar-refractivity contribution in [2.45, 2.75) is 56.9 Å². The predicted molar refractivity (Wildman–Crippen MR) is 174 cm³/mol. The third kappa shape index (κ3) is 4.88. The summed E-state index contributed by atoms with van der Waals surface area (Å²) in [5, 5.41) is 3.86. The number of benzene rings is 2. The smallest absolute Gasteiger partial charge is 0.0670 e.